The van der Waals surface area contributed by atoms with E-state index in [1.807, 2.05) is 24.3 Å². The SMILES string of the molecule is CS(=O)(=O)Nc1ccc(NCn2nnc3c4ncccc4ccc32)cc1. The van der Waals surface area contributed by atoms with Gasteiger partial charge in [-0.2, -0.15) is 0 Å². The average molecular weight is 368 g/mol. The van der Waals surface area contributed by atoms with E-state index in [2.05, 4.69) is 25.3 Å². The highest BCUT2D eigenvalue weighted by atomic mass is 32.2. The molecule has 0 radical (unpaired) electrons. The molecule has 0 aliphatic carbocycles. The molecule has 2 N–H and O–H groups in total. The lowest BCUT2D eigenvalue weighted by Crippen LogP contribution is -2.11. The summed E-state index contributed by atoms with van der Waals surface area (Å²) in [6.45, 7) is 0.424. The molecule has 9 heteroatoms. The predicted molar refractivity (Wildman–Crippen MR) is 101 cm³/mol. The second-order valence-corrected chi connectivity index (χ2v) is 7.63. The molecule has 0 amide bonds. The Balaban J connectivity index is 1.54. The minimum Gasteiger partial charge on any atom is -0.366 e. The third-order valence-corrected chi connectivity index (χ3v) is 4.48. The van der Waals surface area contributed by atoms with Crippen LogP contribution >= 0.6 is 0 Å². The lowest BCUT2D eigenvalue weighted by molar-refractivity contribution is 0.607. The summed E-state index contributed by atoms with van der Waals surface area (Å²) < 4.78 is 26.7. The molecule has 2 aromatic heterocycles. The molecular weight excluding hydrogens is 352 g/mol. The third kappa shape index (κ3) is 3.29. The first-order chi connectivity index (χ1) is 12.5. The van der Waals surface area contributed by atoms with Crippen LogP contribution in [0.1, 0.15) is 0 Å². The van der Waals surface area contributed by atoms with Crippen molar-refractivity contribution >= 4 is 43.3 Å². The number of nitrogens with zero attached hydrogens (tertiary/aromatic N) is 4. The van der Waals surface area contributed by atoms with Gasteiger partial charge in [-0.15, -0.1) is 5.10 Å². The van der Waals surface area contributed by atoms with Crippen molar-refractivity contribution in [2.75, 3.05) is 16.3 Å². The van der Waals surface area contributed by atoms with Gasteiger partial charge in [-0.25, -0.2) is 13.1 Å². The minimum absolute atomic E-state index is 0.424. The van der Waals surface area contributed by atoms with E-state index in [1.165, 1.54) is 0 Å². The number of nitrogens with one attached hydrogen (secondary N) is 2. The maximum Gasteiger partial charge on any atom is 0.229 e. The van der Waals surface area contributed by atoms with Crippen molar-refractivity contribution in [2.24, 2.45) is 0 Å². The van der Waals surface area contributed by atoms with Crippen LogP contribution in [0.15, 0.2) is 54.7 Å². The molecule has 0 aliphatic rings. The summed E-state index contributed by atoms with van der Waals surface area (Å²) in [6.07, 6.45) is 2.86. The summed E-state index contributed by atoms with van der Waals surface area (Å²) in [5.41, 5.74) is 3.83. The lowest BCUT2D eigenvalue weighted by atomic mass is 10.2. The van der Waals surface area contributed by atoms with Crippen LogP contribution in [-0.4, -0.2) is 34.7 Å². The van der Waals surface area contributed by atoms with Gasteiger partial charge in [0, 0.05) is 23.0 Å². The van der Waals surface area contributed by atoms with Crippen LogP contribution in [-0.2, 0) is 16.7 Å². The zero-order valence-corrected chi connectivity index (χ0v) is 14.7. The molecule has 4 aromatic rings. The van der Waals surface area contributed by atoms with Crippen molar-refractivity contribution < 1.29 is 8.42 Å². The van der Waals surface area contributed by atoms with E-state index >= 15 is 0 Å². The van der Waals surface area contributed by atoms with Gasteiger partial charge < -0.3 is 5.32 Å². The van der Waals surface area contributed by atoms with Crippen LogP contribution < -0.4 is 10.0 Å². The van der Waals surface area contributed by atoms with Gasteiger partial charge in [0.1, 0.15) is 12.2 Å². The van der Waals surface area contributed by atoms with Crippen molar-refractivity contribution in [3.8, 4) is 0 Å². The Hall–Kier alpha value is -3.20. The van der Waals surface area contributed by atoms with E-state index < -0.39 is 10.0 Å². The molecule has 8 nitrogen and oxygen atoms in total. The van der Waals surface area contributed by atoms with Crippen molar-refractivity contribution in [1.82, 2.24) is 20.0 Å². The Kier molecular flexibility index (Phi) is 3.92. The highest BCUT2D eigenvalue weighted by molar-refractivity contribution is 7.92. The number of sulfonamides is 1. The molecule has 2 aromatic carbocycles. The number of benzene rings is 2. The molecule has 0 spiro atoms. The standard InChI is InChI=1S/C17H16N6O2S/c1-26(24,25)21-14-7-5-13(6-8-14)19-11-23-15-9-4-12-3-2-10-18-16(12)17(15)20-22-23/h2-10,19,21H,11H2,1H3. The molecule has 26 heavy (non-hydrogen) atoms. The van der Waals surface area contributed by atoms with Crippen LogP contribution in [0.3, 0.4) is 0 Å². The Morgan fingerprint density at radius 3 is 2.54 bits per heavy atom. The number of hydrogen-bond donors (Lipinski definition) is 2. The van der Waals surface area contributed by atoms with Gasteiger partial charge in [0.25, 0.3) is 0 Å². The number of hydrogen-bond acceptors (Lipinski definition) is 6. The molecule has 2 heterocycles. The van der Waals surface area contributed by atoms with Crippen LogP contribution in [0, 0.1) is 0 Å². The minimum atomic E-state index is -3.28. The number of fused-ring (bicyclic) bond motifs is 3. The smallest absolute Gasteiger partial charge is 0.229 e. The second-order valence-electron chi connectivity index (χ2n) is 5.88. The normalized spacial score (nSPS) is 11.7. The summed E-state index contributed by atoms with van der Waals surface area (Å²) in [4.78, 5) is 4.39. The molecule has 4 rings (SSSR count). The second kappa shape index (κ2) is 6.26. The largest absolute Gasteiger partial charge is 0.366 e. The maximum absolute atomic E-state index is 11.2. The van der Waals surface area contributed by atoms with E-state index in [9.17, 15) is 8.42 Å². The highest BCUT2D eigenvalue weighted by Crippen LogP contribution is 2.21. The Morgan fingerprint density at radius 2 is 1.77 bits per heavy atom. The average Bonchev–Trinajstić information content (AvgIpc) is 3.03. The molecule has 0 bridgehead atoms. The van der Waals surface area contributed by atoms with Gasteiger partial charge in [-0.1, -0.05) is 17.3 Å². The van der Waals surface area contributed by atoms with E-state index in [0.717, 1.165) is 33.9 Å². The molecule has 0 aliphatic heterocycles. The molecule has 0 saturated heterocycles. The summed E-state index contributed by atoms with van der Waals surface area (Å²) in [5, 5.41) is 12.7. The van der Waals surface area contributed by atoms with Crippen LogP contribution in [0.4, 0.5) is 11.4 Å². The van der Waals surface area contributed by atoms with Crippen LogP contribution in [0.5, 0.6) is 0 Å². The maximum atomic E-state index is 11.2. The van der Waals surface area contributed by atoms with Gasteiger partial charge in [-0.3, -0.25) is 9.71 Å². The zero-order chi connectivity index (χ0) is 18.1. The quantitative estimate of drug-likeness (QED) is 0.561. The van der Waals surface area contributed by atoms with Crippen molar-refractivity contribution in [1.29, 1.82) is 0 Å². The first-order valence-corrected chi connectivity index (χ1v) is 9.77. The third-order valence-electron chi connectivity index (χ3n) is 3.88. The number of anilines is 2. The molecule has 0 unspecified atom stereocenters. The van der Waals surface area contributed by atoms with Gasteiger partial charge in [-0.05, 0) is 36.4 Å². The van der Waals surface area contributed by atoms with E-state index in [1.54, 1.807) is 35.1 Å². The van der Waals surface area contributed by atoms with Gasteiger partial charge in [0.15, 0.2) is 0 Å². The summed E-state index contributed by atoms with van der Waals surface area (Å²) >= 11 is 0. The van der Waals surface area contributed by atoms with Crippen molar-refractivity contribution in [3.63, 3.8) is 0 Å². The van der Waals surface area contributed by atoms with Crippen molar-refractivity contribution in [3.05, 3.63) is 54.7 Å². The fourth-order valence-corrected chi connectivity index (χ4v) is 3.29. The zero-order valence-electron chi connectivity index (χ0n) is 13.9. The molecule has 0 atom stereocenters. The molecule has 0 fully saturated rings. The summed E-state index contributed by atoms with van der Waals surface area (Å²) in [5.74, 6) is 0. The molecular formula is C17H16N6O2S. The molecule has 0 saturated carbocycles. The van der Waals surface area contributed by atoms with E-state index in [-0.39, 0.29) is 0 Å². The number of pyridine rings is 1. The van der Waals surface area contributed by atoms with Gasteiger partial charge >= 0.3 is 0 Å². The molecule has 132 valence electrons. The van der Waals surface area contributed by atoms with Gasteiger partial charge in [0.05, 0.1) is 17.3 Å². The van der Waals surface area contributed by atoms with Gasteiger partial charge in [0.2, 0.25) is 10.0 Å². The summed E-state index contributed by atoms with van der Waals surface area (Å²) in [6, 6.07) is 14.8. The van der Waals surface area contributed by atoms with E-state index in [0.29, 0.717) is 12.4 Å². The number of aromatic nitrogens is 4. The Labute approximate surface area is 149 Å². The predicted octanol–water partition coefficient (Wildman–Crippen LogP) is 2.42. The lowest BCUT2D eigenvalue weighted by Gasteiger charge is -2.09. The topological polar surface area (TPSA) is 102 Å². The van der Waals surface area contributed by atoms with E-state index in [4.69, 9.17) is 0 Å². The van der Waals surface area contributed by atoms with Crippen LogP contribution in [0.2, 0.25) is 0 Å². The summed E-state index contributed by atoms with van der Waals surface area (Å²) in [7, 11) is -3.28. The first kappa shape index (κ1) is 16.3. The number of rotatable bonds is 5. The Morgan fingerprint density at radius 1 is 1.00 bits per heavy atom. The highest BCUT2D eigenvalue weighted by Gasteiger charge is 2.09. The Bertz CT molecular complexity index is 1190. The first-order valence-electron chi connectivity index (χ1n) is 7.88. The fourth-order valence-electron chi connectivity index (χ4n) is 2.73. The monoisotopic (exact) mass is 368 g/mol. The van der Waals surface area contributed by atoms with Crippen molar-refractivity contribution in [2.45, 2.75) is 6.67 Å². The van der Waals surface area contributed by atoms with Crippen LogP contribution in [0.25, 0.3) is 21.9 Å². The fraction of sp³-hybridized carbons (Fsp3) is 0.118.